The summed E-state index contributed by atoms with van der Waals surface area (Å²) in [6, 6.07) is 20.5. The van der Waals surface area contributed by atoms with Gasteiger partial charge in [0, 0.05) is 19.7 Å². The van der Waals surface area contributed by atoms with Gasteiger partial charge in [0.05, 0.1) is 37.9 Å². The van der Waals surface area contributed by atoms with Crippen LogP contribution in [0.4, 0.5) is 5.69 Å². The van der Waals surface area contributed by atoms with Crippen molar-refractivity contribution in [2.24, 2.45) is 0 Å². The van der Waals surface area contributed by atoms with Crippen LogP contribution in [0.5, 0.6) is 17.2 Å². The van der Waals surface area contributed by atoms with E-state index >= 15 is 0 Å². The number of amides is 2. The highest BCUT2D eigenvalue weighted by atomic mass is 32.2. The van der Waals surface area contributed by atoms with Crippen molar-refractivity contribution in [2.75, 3.05) is 39.3 Å². The van der Waals surface area contributed by atoms with Crippen molar-refractivity contribution in [1.82, 2.24) is 9.62 Å². The van der Waals surface area contributed by atoms with E-state index in [4.69, 9.17) is 14.2 Å². The van der Waals surface area contributed by atoms with Crippen molar-refractivity contribution < 1.29 is 32.2 Å². The average molecular weight is 540 g/mol. The molecule has 2 amide bonds. The van der Waals surface area contributed by atoms with Gasteiger partial charge in [-0.15, -0.1) is 0 Å². The maximum atomic E-state index is 13.4. The molecule has 0 aromatic heterocycles. The number of para-hydroxylation sites is 2. The Hall–Kier alpha value is -4.09. The van der Waals surface area contributed by atoms with Crippen molar-refractivity contribution in [3.8, 4) is 17.2 Å². The first-order chi connectivity index (χ1) is 18.2. The van der Waals surface area contributed by atoms with Crippen LogP contribution in [-0.2, 0) is 26.2 Å². The number of rotatable bonds is 9. The monoisotopic (exact) mass is 539 g/mol. The highest BCUT2D eigenvalue weighted by Gasteiger charge is 2.35. The summed E-state index contributed by atoms with van der Waals surface area (Å²) in [6.45, 7) is -0.217. The van der Waals surface area contributed by atoms with Gasteiger partial charge < -0.3 is 24.4 Å². The minimum atomic E-state index is -4.04. The summed E-state index contributed by atoms with van der Waals surface area (Å²) in [5, 5.41) is 2.84. The van der Waals surface area contributed by atoms with Crippen molar-refractivity contribution in [2.45, 2.75) is 17.5 Å². The minimum Gasteiger partial charge on any atom is -0.493 e. The zero-order valence-electron chi connectivity index (χ0n) is 21.3. The van der Waals surface area contributed by atoms with Crippen LogP contribution in [0, 0.1) is 0 Å². The molecular weight excluding hydrogens is 510 g/mol. The molecule has 3 aromatic carbocycles. The van der Waals surface area contributed by atoms with Crippen molar-refractivity contribution >= 4 is 27.5 Å². The molecule has 1 atom stereocenters. The molecule has 0 saturated carbocycles. The molecule has 0 saturated heterocycles. The predicted molar refractivity (Wildman–Crippen MR) is 141 cm³/mol. The SMILES string of the molecule is COc1ccc(S(=O)(=O)N(C)CC(=O)N2CC(C(=O)NCc3ccccc3)Oc3ccccc32)cc1OC. The van der Waals surface area contributed by atoms with Crippen LogP contribution in [0.3, 0.4) is 0 Å². The number of ether oxygens (including phenoxy) is 3. The van der Waals surface area contributed by atoms with Gasteiger partial charge >= 0.3 is 0 Å². The van der Waals surface area contributed by atoms with Gasteiger partial charge in [-0.05, 0) is 29.8 Å². The molecule has 3 aromatic rings. The van der Waals surface area contributed by atoms with Gasteiger partial charge in [0.1, 0.15) is 5.75 Å². The van der Waals surface area contributed by atoms with E-state index < -0.39 is 28.6 Å². The third-order valence-corrected chi connectivity index (χ3v) is 7.90. The molecule has 1 heterocycles. The summed E-state index contributed by atoms with van der Waals surface area (Å²) in [4.78, 5) is 27.7. The number of benzene rings is 3. The summed E-state index contributed by atoms with van der Waals surface area (Å²) in [5.41, 5.74) is 1.38. The largest absolute Gasteiger partial charge is 0.493 e. The summed E-state index contributed by atoms with van der Waals surface area (Å²) >= 11 is 0. The number of sulfonamides is 1. The first-order valence-electron chi connectivity index (χ1n) is 11.8. The zero-order chi connectivity index (χ0) is 27.3. The van der Waals surface area contributed by atoms with Crippen LogP contribution < -0.4 is 24.4 Å². The van der Waals surface area contributed by atoms with E-state index in [2.05, 4.69) is 5.32 Å². The number of carbonyl (C=O) groups is 2. The van der Waals surface area contributed by atoms with Gasteiger partial charge in [-0.25, -0.2) is 8.42 Å². The molecule has 1 aliphatic heterocycles. The zero-order valence-corrected chi connectivity index (χ0v) is 22.1. The topological polar surface area (TPSA) is 114 Å². The number of anilines is 1. The van der Waals surface area contributed by atoms with Crippen molar-refractivity contribution in [3.63, 3.8) is 0 Å². The molecule has 11 heteroatoms. The Morgan fingerprint density at radius 2 is 1.68 bits per heavy atom. The van der Waals surface area contributed by atoms with Crippen molar-refractivity contribution in [1.29, 1.82) is 0 Å². The van der Waals surface area contributed by atoms with Gasteiger partial charge in [0.2, 0.25) is 15.9 Å². The molecule has 0 radical (unpaired) electrons. The number of nitrogens with zero attached hydrogens (tertiary/aromatic N) is 2. The molecule has 1 N–H and O–H groups in total. The van der Waals surface area contributed by atoms with Gasteiger partial charge in [-0.2, -0.15) is 4.31 Å². The molecule has 1 aliphatic rings. The lowest BCUT2D eigenvalue weighted by atomic mass is 10.1. The lowest BCUT2D eigenvalue weighted by Gasteiger charge is -2.35. The molecular formula is C27H29N3O7S. The summed E-state index contributed by atoms with van der Waals surface area (Å²) in [6.07, 6.45) is -0.967. The fourth-order valence-electron chi connectivity index (χ4n) is 4.02. The van der Waals surface area contributed by atoms with E-state index in [0.29, 0.717) is 23.7 Å². The van der Waals surface area contributed by atoms with E-state index in [1.54, 1.807) is 24.3 Å². The molecule has 0 spiro atoms. The summed E-state index contributed by atoms with van der Waals surface area (Å²) < 4.78 is 43.7. The maximum Gasteiger partial charge on any atom is 0.263 e. The van der Waals surface area contributed by atoms with E-state index in [9.17, 15) is 18.0 Å². The number of fused-ring (bicyclic) bond motifs is 1. The standard InChI is InChI=1S/C27H29N3O7S/c1-29(38(33,34)20-13-14-23(35-2)24(15-20)36-3)18-26(31)30-17-25(37-22-12-8-7-11-21(22)30)27(32)28-16-19-9-5-4-6-10-19/h4-15,25H,16-18H2,1-3H3,(H,28,32). The van der Waals surface area contributed by atoms with Gasteiger partial charge in [0.25, 0.3) is 5.91 Å². The highest BCUT2D eigenvalue weighted by molar-refractivity contribution is 7.89. The van der Waals surface area contributed by atoms with Crippen LogP contribution in [-0.4, -0.2) is 65.0 Å². The van der Waals surface area contributed by atoms with Crippen LogP contribution in [0.25, 0.3) is 0 Å². The third-order valence-electron chi connectivity index (χ3n) is 6.10. The molecule has 0 bridgehead atoms. The number of carbonyl (C=O) groups excluding carboxylic acids is 2. The number of hydrogen-bond acceptors (Lipinski definition) is 7. The van der Waals surface area contributed by atoms with Crippen LogP contribution in [0.2, 0.25) is 0 Å². The highest BCUT2D eigenvalue weighted by Crippen LogP contribution is 2.34. The predicted octanol–water partition coefficient (Wildman–Crippen LogP) is 2.43. The number of methoxy groups -OCH3 is 2. The Bertz CT molecular complexity index is 1410. The van der Waals surface area contributed by atoms with E-state index in [1.807, 2.05) is 30.3 Å². The van der Waals surface area contributed by atoms with E-state index in [1.165, 1.54) is 44.4 Å². The van der Waals surface area contributed by atoms with Gasteiger partial charge in [-0.3, -0.25) is 9.59 Å². The minimum absolute atomic E-state index is 0.0500. The lowest BCUT2D eigenvalue weighted by molar-refractivity contribution is -0.128. The fraction of sp³-hybridized carbons (Fsp3) is 0.259. The van der Waals surface area contributed by atoms with Crippen molar-refractivity contribution in [3.05, 3.63) is 78.4 Å². The quantitative estimate of drug-likeness (QED) is 0.444. The normalized spacial score (nSPS) is 14.8. The molecule has 0 aliphatic carbocycles. The maximum absolute atomic E-state index is 13.4. The van der Waals surface area contributed by atoms with Gasteiger partial charge in [0.15, 0.2) is 17.6 Å². The van der Waals surface area contributed by atoms with Crippen LogP contribution in [0.15, 0.2) is 77.7 Å². The Morgan fingerprint density at radius 1 is 1.00 bits per heavy atom. The second-order valence-corrected chi connectivity index (χ2v) is 10.6. The second-order valence-electron chi connectivity index (χ2n) is 8.56. The Balaban J connectivity index is 1.50. The molecule has 1 unspecified atom stereocenters. The Kier molecular flexibility index (Phi) is 8.18. The lowest BCUT2D eigenvalue weighted by Crippen LogP contribution is -2.52. The summed E-state index contributed by atoms with van der Waals surface area (Å²) in [5.74, 6) is 0.101. The van der Waals surface area contributed by atoms with E-state index in [0.717, 1.165) is 9.87 Å². The number of likely N-dealkylation sites (N-methyl/N-ethyl adjacent to an activating group) is 1. The summed E-state index contributed by atoms with van der Waals surface area (Å²) in [7, 11) is 0.140. The second kappa shape index (κ2) is 11.5. The average Bonchev–Trinajstić information content (AvgIpc) is 2.95. The molecule has 4 rings (SSSR count). The Morgan fingerprint density at radius 3 is 2.39 bits per heavy atom. The fourth-order valence-corrected chi connectivity index (χ4v) is 5.16. The number of nitrogens with one attached hydrogen (secondary N) is 1. The molecule has 10 nitrogen and oxygen atoms in total. The Labute approximate surface area is 221 Å². The molecule has 0 fully saturated rings. The first-order valence-corrected chi connectivity index (χ1v) is 13.2. The van der Waals surface area contributed by atoms with Gasteiger partial charge in [-0.1, -0.05) is 42.5 Å². The van der Waals surface area contributed by atoms with Crippen LogP contribution >= 0.6 is 0 Å². The first kappa shape index (κ1) is 27.0. The van der Waals surface area contributed by atoms with Crippen LogP contribution in [0.1, 0.15) is 5.56 Å². The molecule has 200 valence electrons. The smallest absolute Gasteiger partial charge is 0.263 e. The third kappa shape index (κ3) is 5.74. The molecule has 38 heavy (non-hydrogen) atoms. The van der Waals surface area contributed by atoms with E-state index in [-0.39, 0.29) is 23.1 Å². The number of hydrogen-bond donors (Lipinski definition) is 1.